The second kappa shape index (κ2) is 5.54. The zero-order valence-corrected chi connectivity index (χ0v) is 10.6. The second-order valence-electron chi connectivity index (χ2n) is 4.22. The minimum Gasteiger partial charge on any atom is -0.389 e. The molecule has 2 aromatic rings. The van der Waals surface area contributed by atoms with Crippen LogP contribution in [0.1, 0.15) is 29.1 Å². The smallest absolute Gasteiger partial charge is 0.326 e. The van der Waals surface area contributed by atoms with Crippen molar-refractivity contribution >= 4 is 11.6 Å². The summed E-state index contributed by atoms with van der Waals surface area (Å²) in [6, 6.07) is 7.70. The highest BCUT2D eigenvalue weighted by molar-refractivity contribution is 6.03. The van der Waals surface area contributed by atoms with E-state index in [1.54, 1.807) is 31.2 Å². The fraction of sp³-hybridized carbons (Fsp3) is 0.154. The number of para-hydroxylation sites is 1. The summed E-state index contributed by atoms with van der Waals surface area (Å²) in [5.41, 5.74) is -0.630. The molecule has 4 N–H and O–H groups in total. The molecule has 1 aromatic heterocycles. The molecule has 7 heteroatoms. The lowest BCUT2D eigenvalue weighted by Crippen LogP contribution is -2.27. The fourth-order valence-electron chi connectivity index (χ4n) is 1.76. The molecule has 0 radical (unpaired) electrons. The van der Waals surface area contributed by atoms with Gasteiger partial charge >= 0.3 is 5.69 Å². The predicted octanol–water partition coefficient (Wildman–Crippen LogP) is 0.369. The van der Waals surface area contributed by atoms with Crippen LogP contribution in [0.5, 0.6) is 0 Å². The number of hydrogen-bond acceptors (Lipinski definition) is 4. The molecule has 0 bridgehead atoms. The Bertz CT molecular complexity index is 717. The zero-order valence-electron chi connectivity index (χ0n) is 10.6. The minimum absolute atomic E-state index is 0.154. The maximum atomic E-state index is 12.0. The molecule has 7 nitrogen and oxygen atoms in total. The Morgan fingerprint density at radius 2 is 1.95 bits per heavy atom. The number of H-pyrrole nitrogens is 2. The maximum absolute atomic E-state index is 12.0. The molecule has 1 heterocycles. The molecule has 104 valence electrons. The van der Waals surface area contributed by atoms with Gasteiger partial charge in [0.2, 0.25) is 0 Å². The van der Waals surface area contributed by atoms with E-state index in [1.807, 2.05) is 4.98 Å². The number of aromatic nitrogens is 2. The van der Waals surface area contributed by atoms with Crippen LogP contribution < -0.4 is 16.6 Å². The van der Waals surface area contributed by atoms with Crippen molar-refractivity contribution in [1.82, 2.24) is 9.97 Å². The molecule has 0 aliphatic rings. The Balaban J connectivity index is 2.33. The number of amides is 1. The van der Waals surface area contributed by atoms with Gasteiger partial charge in [-0.15, -0.1) is 0 Å². The first kappa shape index (κ1) is 13.8. The van der Waals surface area contributed by atoms with Gasteiger partial charge in [0.1, 0.15) is 5.69 Å². The van der Waals surface area contributed by atoms with Crippen molar-refractivity contribution in [1.29, 1.82) is 0 Å². The highest BCUT2D eigenvalue weighted by atomic mass is 16.3. The van der Waals surface area contributed by atoms with Crippen molar-refractivity contribution in [3.63, 3.8) is 0 Å². The van der Waals surface area contributed by atoms with Crippen LogP contribution in [0.3, 0.4) is 0 Å². The number of aromatic amines is 2. The average molecular weight is 275 g/mol. The third-order valence-electron chi connectivity index (χ3n) is 2.66. The summed E-state index contributed by atoms with van der Waals surface area (Å²) in [4.78, 5) is 38.4. The molecule has 1 unspecified atom stereocenters. The molecular weight excluding hydrogens is 262 g/mol. The zero-order chi connectivity index (χ0) is 14.7. The van der Waals surface area contributed by atoms with Crippen molar-refractivity contribution in [2.45, 2.75) is 13.0 Å². The van der Waals surface area contributed by atoms with Crippen LogP contribution >= 0.6 is 0 Å². The van der Waals surface area contributed by atoms with Gasteiger partial charge in [0.25, 0.3) is 11.5 Å². The van der Waals surface area contributed by atoms with Gasteiger partial charge in [-0.2, -0.15) is 0 Å². The van der Waals surface area contributed by atoms with Crippen molar-refractivity contribution in [2.75, 3.05) is 5.32 Å². The van der Waals surface area contributed by atoms with Crippen molar-refractivity contribution in [2.24, 2.45) is 0 Å². The van der Waals surface area contributed by atoms with Crippen LogP contribution in [-0.2, 0) is 0 Å². The molecule has 20 heavy (non-hydrogen) atoms. The molecule has 1 atom stereocenters. The largest absolute Gasteiger partial charge is 0.389 e. The highest BCUT2D eigenvalue weighted by Crippen LogP contribution is 2.22. The Kier molecular flexibility index (Phi) is 3.81. The van der Waals surface area contributed by atoms with Gasteiger partial charge in [0.15, 0.2) is 0 Å². The molecular formula is C13H13N3O4. The monoisotopic (exact) mass is 275 g/mol. The Morgan fingerprint density at radius 1 is 1.25 bits per heavy atom. The van der Waals surface area contributed by atoms with Gasteiger partial charge in [-0.3, -0.25) is 14.6 Å². The fourth-order valence-corrected chi connectivity index (χ4v) is 1.76. The lowest BCUT2D eigenvalue weighted by molar-refractivity contribution is 0.102. The number of benzene rings is 1. The highest BCUT2D eigenvalue weighted by Gasteiger charge is 2.12. The molecule has 0 spiro atoms. The van der Waals surface area contributed by atoms with Gasteiger partial charge in [-0.1, -0.05) is 18.2 Å². The van der Waals surface area contributed by atoms with Gasteiger partial charge in [-0.05, 0) is 13.0 Å². The van der Waals surface area contributed by atoms with Gasteiger partial charge < -0.3 is 15.4 Å². The maximum Gasteiger partial charge on any atom is 0.326 e. The standard InChI is InChI=1S/C13H13N3O4/c1-7(17)8-4-2-3-5-9(8)14-12(19)10-6-11(18)16-13(20)15-10/h2-7,17H,1H3,(H,14,19)(H2,15,16,18,20). The molecule has 2 rings (SSSR count). The molecule has 0 fully saturated rings. The van der Waals surface area contributed by atoms with Gasteiger partial charge in [0.05, 0.1) is 6.10 Å². The summed E-state index contributed by atoms with van der Waals surface area (Å²) in [6.07, 6.45) is -0.760. The van der Waals surface area contributed by atoms with E-state index in [0.717, 1.165) is 6.07 Å². The SMILES string of the molecule is CC(O)c1ccccc1NC(=O)c1cc(=O)[nH]c(=O)[nH]1. The van der Waals surface area contributed by atoms with Crippen LogP contribution in [0, 0.1) is 0 Å². The second-order valence-corrected chi connectivity index (χ2v) is 4.22. The summed E-state index contributed by atoms with van der Waals surface area (Å²) in [7, 11) is 0. The minimum atomic E-state index is -0.760. The molecule has 1 amide bonds. The number of anilines is 1. The average Bonchev–Trinajstić information content (AvgIpc) is 2.37. The van der Waals surface area contributed by atoms with E-state index in [4.69, 9.17) is 0 Å². The Hall–Kier alpha value is -2.67. The van der Waals surface area contributed by atoms with Crippen LogP contribution in [0.25, 0.3) is 0 Å². The molecule has 0 aliphatic carbocycles. The van der Waals surface area contributed by atoms with E-state index in [-0.39, 0.29) is 5.69 Å². The summed E-state index contributed by atoms with van der Waals surface area (Å²) in [6.45, 7) is 1.57. The summed E-state index contributed by atoms with van der Waals surface area (Å²) in [5.74, 6) is -0.638. The van der Waals surface area contributed by atoms with Crippen LogP contribution in [0.4, 0.5) is 5.69 Å². The number of aliphatic hydroxyl groups excluding tert-OH is 1. The van der Waals surface area contributed by atoms with Crippen LogP contribution in [0.2, 0.25) is 0 Å². The van der Waals surface area contributed by atoms with E-state index in [9.17, 15) is 19.5 Å². The quantitative estimate of drug-likeness (QED) is 0.647. The number of aliphatic hydroxyl groups is 1. The topological polar surface area (TPSA) is 115 Å². The lowest BCUT2D eigenvalue weighted by Gasteiger charge is -2.12. The van der Waals surface area contributed by atoms with Crippen molar-refractivity contribution < 1.29 is 9.90 Å². The molecule has 1 aromatic carbocycles. The summed E-state index contributed by atoms with van der Waals surface area (Å²) in [5, 5.41) is 12.2. The predicted molar refractivity (Wildman–Crippen MR) is 72.7 cm³/mol. The normalized spacial score (nSPS) is 11.9. The van der Waals surface area contributed by atoms with Crippen molar-refractivity contribution in [3.05, 3.63) is 62.4 Å². The van der Waals surface area contributed by atoms with E-state index in [0.29, 0.717) is 11.3 Å². The summed E-state index contributed by atoms with van der Waals surface area (Å²) < 4.78 is 0. The van der Waals surface area contributed by atoms with E-state index in [1.165, 1.54) is 0 Å². The summed E-state index contributed by atoms with van der Waals surface area (Å²) >= 11 is 0. The van der Waals surface area contributed by atoms with Gasteiger partial charge in [0, 0.05) is 17.3 Å². The first-order chi connectivity index (χ1) is 9.47. The lowest BCUT2D eigenvalue weighted by atomic mass is 10.1. The Morgan fingerprint density at radius 3 is 2.60 bits per heavy atom. The first-order valence-electron chi connectivity index (χ1n) is 5.89. The third-order valence-corrected chi connectivity index (χ3v) is 2.66. The number of carbonyl (C=O) groups excluding carboxylic acids is 1. The molecule has 0 saturated heterocycles. The number of hydrogen-bond donors (Lipinski definition) is 4. The first-order valence-corrected chi connectivity index (χ1v) is 5.89. The number of carbonyl (C=O) groups is 1. The Labute approximate surface area is 113 Å². The number of nitrogens with one attached hydrogen (secondary N) is 3. The van der Waals surface area contributed by atoms with Crippen LogP contribution in [-0.4, -0.2) is 21.0 Å². The van der Waals surface area contributed by atoms with E-state index in [2.05, 4.69) is 10.3 Å². The van der Waals surface area contributed by atoms with Crippen LogP contribution in [0.15, 0.2) is 39.9 Å². The van der Waals surface area contributed by atoms with Crippen molar-refractivity contribution in [3.8, 4) is 0 Å². The number of rotatable bonds is 3. The van der Waals surface area contributed by atoms with E-state index >= 15 is 0 Å². The molecule has 0 saturated carbocycles. The van der Waals surface area contributed by atoms with Gasteiger partial charge in [-0.25, -0.2) is 4.79 Å². The third kappa shape index (κ3) is 3.01. The molecule has 0 aliphatic heterocycles. The van der Waals surface area contributed by atoms with E-state index < -0.39 is 23.3 Å².